The van der Waals surface area contributed by atoms with E-state index < -0.39 is 12.1 Å². The molecule has 1 aromatic carbocycles. The molecule has 0 saturated carbocycles. The quantitative estimate of drug-likeness (QED) is 0.113. The van der Waals surface area contributed by atoms with Crippen LogP contribution in [0.3, 0.4) is 0 Å². The van der Waals surface area contributed by atoms with Crippen molar-refractivity contribution in [3.8, 4) is 5.75 Å². The number of carbonyl (C=O) groups is 2. The van der Waals surface area contributed by atoms with Crippen molar-refractivity contribution in [2.75, 3.05) is 47.4 Å². The number of halogens is 5. The van der Waals surface area contributed by atoms with E-state index in [2.05, 4.69) is 59.6 Å². The van der Waals surface area contributed by atoms with Crippen molar-refractivity contribution < 1.29 is 37.8 Å². The van der Waals surface area contributed by atoms with Crippen LogP contribution in [0, 0.1) is 0 Å². The summed E-state index contributed by atoms with van der Waals surface area (Å²) in [6, 6.07) is 3.68. The second kappa shape index (κ2) is 17.5. The van der Waals surface area contributed by atoms with Crippen LogP contribution in [0.5, 0.6) is 5.75 Å². The second-order valence-corrected chi connectivity index (χ2v) is 9.05. The zero-order valence-corrected chi connectivity index (χ0v) is 22.9. The van der Waals surface area contributed by atoms with Gasteiger partial charge in [-0.3, -0.25) is 4.79 Å². The molecule has 0 spiro atoms. The second-order valence-electron chi connectivity index (χ2n) is 7.34. The summed E-state index contributed by atoms with van der Waals surface area (Å²) in [4.78, 5) is 23.4. The smallest absolute Gasteiger partial charge is 0.490 e. The van der Waals surface area contributed by atoms with E-state index >= 15 is 0 Å². The standard InChI is InChI=1S/C19H30Br2N4O3.C2HF3O2/c1-22-7-4-5-9-25(2)10-6-8-23-19(26)17(24-27)13-14-11-15(20)18(28-3)16(21)12-14;3-2(4,5)1(6)7/h11-12,22,27H,4-10,13H2,1-3H3,(H,23,26);(H,6,7)/b24-17+;. The van der Waals surface area contributed by atoms with E-state index in [1.54, 1.807) is 7.11 Å². The van der Waals surface area contributed by atoms with E-state index in [9.17, 15) is 23.2 Å². The summed E-state index contributed by atoms with van der Waals surface area (Å²) in [5, 5.41) is 25.5. The van der Waals surface area contributed by atoms with Crippen molar-refractivity contribution in [2.24, 2.45) is 5.16 Å². The Morgan fingerprint density at radius 1 is 1.11 bits per heavy atom. The lowest BCUT2D eigenvalue weighted by molar-refractivity contribution is -0.192. The Kier molecular flexibility index (Phi) is 16.6. The molecule has 0 aliphatic rings. The molecular formula is C21H31Br2F3N4O5. The van der Waals surface area contributed by atoms with Crippen LogP contribution < -0.4 is 15.4 Å². The molecule has 35 heavy (non-hydrogen) atoms. The van der Waals surface area contributed by atoms with Gasteiger partial charge in [-0.15, -0.1) is 0 Å². The van der Waals surface area contributed by atoms with E-state index in [1.807, 2.05) is 19.2 Å². The predicted molar refractivity (Wildman–Crippen MR) is 133 cm³/mol. The lowest BCUT2D eigenvalue weighted by Gasteiger charge is -2.16. The molecule has 200 valence electrons. The number of nitrogens with zero attached hydrogens (tertiary/aromatic N) is 2. The largest absolute Gasteiger partial charge is 0.494 e. The molecule has 0 fully saturated rings. The number of benzene rings is 1. The molecule has 0 atom stereocenters. The monoisotopic (exact) mass is 634 g/mol. The predicted octanol–water partition coefficient (Wildman–Crippen LogP) is 3.66. The van der Waals surface area contributed by atoms with Crippen LogP contribution in [-0.2, 0) is 16.0 Å². The third kappa shape index (κ3) is 14.3. The number of hydrogen-bond donors (Lipinski definition) is 4. The number of unbranched alkanes of at least 4 members (excludes halogenated alkanes) is 1. The fourth-order valence-electron chi connectivity index (χ4n) is 2.71. The molecule has 1 amide bonds. The number of hydrogen-bond acceptors (Lipinski definition) is 7. The van der Waals surface area contributed by atoms with Crippen LogP contribution in [0.4, 0.5) is 13.2 Å². The molecule has 4 N–H and O–H groups in total. The summed E-state index contributed by atoms with van der Waals surface area (Å²) in [6.45, 7) is 3.52. The number of ether oxygens (including phenoxy) is 1. The van der Waals surface area contributed by atoms with Gasteiger partial charge in [0.05, 0.1) is 16.1 Å². The highest BCUT2D eigenvalue weighted by Gasteiger charge is 2.38. The molecule has 0 aromatic heterocycles. The Bertz CT molecular complexity index is 819. The summed E-state index contributed by atoms with van der Waals surface area (Å²) in [5.74, 6) is -2.44. The maximum atomic E-state index is 12.3. The van der Waals surface area contributed by atoms with Gasteiger partial charge < -0.3 is 30.6 Å². The molecule has 0 radical (unpaired) electrons. The number of carbonyl (C=O) groups excluding carboxylic acids is 1. The van der Waals surface area contributed by atoms with E-state index in [4.69, 9.17) is 14.6 Å². The molecule has 14 heteroatoms. The first-order valence-electron chi connectivity index (χ1n) is 10.5. The van der Waals surface area contributed by atoms with Gasteiger partial charge in [-0.05, 0) is 103 Å². The normalized spacial score (nSPS) is 11.6. The SMILES string of the molecule is CNCCCCN(C)CCCNC(=O)/C(Cc1cc(Br)c(OC)c(Br)c1)=N/O.O=C(O)C(F)(F)F. The Morgan fingerprint density at radius 3 is 2.11 bits per heavy atom. The van der Waals surface area contributed by atoms with E-state index in [0.717, 1.165) is 53.4 Å². The first-order valence-corrected chi connectivity index (χ1v) is 12.1. The van der Waals surface area contributed by atoms with Crippen LogP contribution in [0.2, 0.25) is 0 Å². The van der Waals surface area contributed by atoms with Gasteiger partial charge in [-0.2, -0.15) is 13.2 Å². The van der Waals surface area contributed by atoms with Crippen LogP contribution in [-0.4, -0.2) is 86.4 Å². The number of alkyl halides is 3. The first kappa shape index (κ1) is 33.1. The highest BCUT2D eigenvalue weighted by Crippen LogP contribution is 2.34. The number of oxime groups is 1. The topological polar surface area (TPSA) is 123 Å². The van der Waals surface area contributed by atoms with Crippen molar-refractivity contribution >= 4 is 49.4 Å². The van der Waals surface area contributed by atoms with Crippen molar-refractivity contribution in [3.05, 3.63) is 26.6 Å². The average Bonchev–Trinajstić information content (AvgIpc) is 2.77. The number of carboxylic acids is 1. The van der Waals surface area contributed by atoms with Crippen LogP contribution >= 0.6 is 31.9 Å². The Labute approximate surface area is 219 Å². The summed E-state index contributed by atoms with van der Waals surface area (Å²) >= 11 is 6.86. The van der Waals surface area contributed by atoms with Crippen molar-refractivity contribution in [3.63, 3.8) is 0 Å². The third-order valence-corrected chi connectivity index (χ3v) is 5.66. The Morgan fingerprint density at radius 2 is 1.66 bits per heavy atom. The maximum absolute atomic E-state index is 12.3. The number of carboxylic acid groups (broad SMARTS) is 1. The molecule has 0 bridgehead atoms. The molecule has 1 rings (SSSR count). The van der Waals surface area contributed by atoms with Gasteiger partial charge in [-0.25, -0.2) is 4.79 Å². The first-order chi connectivity index (χ1) is 16.4. The van der Waals surface area contributed by atoms with E-state index in [-0.39, 0.29) is 18.0 Å². The Balaban J connectivity index is 0.00000143. The number of methoxy groups -OCH3 is 1. The number of rotatable bonds is 13. The van der Waals surface area contributed by atoms with Crippen molar-refractivity contribution in [1.29, 1.82) is 0 Å². The lowest BCUT2D eigenvalue weighted by Crippen LogP contribution is -2.34. The minimum Gasteiger partial charge on any atom is -0.494 e. The highest BCUT2D eigenvalue weighted by molar-refractivity contribution is 9.11. The fraction of sp³-hybridized carbons (Fsp3) is 0.571. The van der Waals surface area contributed by atoms with E-state index in [0.29, 0.717) is 12.3 Å². The molecule has 1 aromatic rings. The molecule has 0 unspecified atom stereocenters. The van der Waals surface area contributed by atoms with E-state index in [1.165, 1.54) is 0 Å². The van der Waals surface area contributed by atoms with Crippen LogP contribution in [0.25, 0.3) is 0 Å². The van der Waals surface area contributed by atoms with Crippen molar-refractivity contribution in [2.45, 2.75) is 31.9 Å². The fourth-order valence-corrected chi connectivity index (χ4v) is 4.32. The average molecular weight is 636 g/mol. The van der Waals surface area contributed by atoms with Gasteiger partial charge in [0.25, 0.3) is 5.91 Å². The molecule has 0 aliphatic carbocycles. The lowest BCUT2D eigenvalue weighted by atomic mass is 10.1. The molecule has 0 heterocycles. The molecule has 0 saturated heterocycles. The van der Waals surface area contributed by atoms with Gasteiger partial charge in [0.1, 0.15) is 11.5 Å². The number of amides is 1. The van der Waals surface area contributed by atoms with Gasteiger partial charge in [0, 0.05) is 13.0 Å². The van der Waals surface area contributed by atoms with Crippen LogP contribution in [0.1, 0.15) is 24.8 Å². The number of nitrogens with one attached hydrogen (secondary N) is 2. The molecular weight excluding hydrogens is 605 g/mol. The Hall–Kier alpha value is -1.90. The summed E-state index contributed by atoms with van der Waals surface area (Å²) < 4.78 is 38.5. The molecule has 0 aliphatic heterocycles. The zero-order chi connectivity index (χ0) is 27.0. The van der Waals surface area contributed by atoms with Gasteiger partial charge >= 0.3 is 12.1 Å². The highest BCUT2D eigenvalue weighted by atomic mass is 79.9. The van der Waals surface area contributed by atoms with Gasteiger partial charge in [-0.1, -0.05) is 5.16 Å². The maximum Gasteiger partial charge on any atom is 0.490 e. The van der Waals surface area contributed by atoms with Gasteiger partial charge in [0.2, 0.25) is 0 Å². The summed E-state index contributed by atoms with van der Waals surface area (Å²) in [7, 11) is 5.63. The molecule has 9 nitrogen and oxygen atoms in total. The third-order valence-electron chi connectivity index (χ3n) is 4.48. The van der Waals surface area contributed by atoms with Crippen LogP contribution in [0.15, 0.2) is 26.2 Å². The summed E-state index contributed by atoms with van der Waals surface area (Å²) in [6.07, 6.45) is -1.72. The minimum absolute atomic E-state index is 0.0735. The van der Waals surface area contributed by atoms with Crippen molar-refractivity contribution in [1.82, 2.24) is 15.5 Å². The van der Waals surface area contributed by atoms with Gasteiger partial charge in [0.15, 0.2) is 0 Å². The zero-order valence-electron chi connectivity index (χ0n) is 19.7. The minimum atomic E-state index is -5.08. The number of aliphatic carboxylic acids is 1. The summed E-state index contributed by atoms with van der Waals surface area (Å²) in [5.41, 5.74) is 0.896.